The summed E-state index contributed by atoms with van der Waals surface area (Å²) in [6.45, 7) is 3.07. The Morgan fingerprint density at radius 1 is 1.02 bits per heavy atom. The lowest BCUT2D eigenvalue weighted by molar-refractivity contribution is -0.143. The molecule has 50 heavy (non-hydrogen) atoms. The molecule has 2 aromatic carbocycles. The van der Waals surface area contributed by atoms with Gasteiger partial charge in [-0.25, -0.2) is 14.8 Å². The van der Waals surface area contributed by atoms with Crippen molar-refractivity contribution in [3.8, 4) is 5.75 Å². The predicted octanol–water partition coefficient (Wildman–Crippen LogP) is 6.70. The van der Waals surface area contributed by atoms with Crippen molar-refractivity contribution in [1.29, 1.82) is 0 Å². The van der Waals surface area contributed by atoms with E-state index >= 15 is 0 Å². The molecule has 270 valence electrons. The number of nitrogens with one attached hydrogen (secondary N) is 1. The van der Waals surface area contributed by atoms with E-state index in [1.807, 2.05) is 11.8 Å². The van der Waals surface area contributed by atoms with Crippen molar-refractivity contribution in [2.75, 3.05) is 55.1 Å². The fraction of sp³-hybridized carbons (Fsp3) is 0.455. The van der Waals surface area contributed by atoms with E-state index in [9.17, 15) is 35.9 Å². The van der Waals surface area contributed by atoms with Crippen LogP contribution in [0.2, 0.25) is 0 Å². The number of ether oxygens (including phenoxy) is 3. The first-order valence-corrected chi connectivity index (χ1v) is 15.8. The number of aliphatic carboxylic acids is 1. The van der Waals surface area contributed by atoms with Gasteiger partial charge in [0.25, 0.3) is 0 Å². The maximum atomic E-state index is 13.7. The van der Waals surface area contributed by atoms with E-state index in [0.29, 0.717) is 74.0 Å². The minimum Gasteiger partial charge on any atom is -0.497 e. The van der Waals surface area contributed by atoms with Crippen LogP contribution in [0.1, 0.15) is 60.2 Å². The number of fused-ring (bicyclic) bond motifs is 1. The largest absolute Gasteiger partial charge is 0.497 e. The summed E-state index contributed by atoms with van der Waals surface area (Å²) in [5, 5.41) is 12.2. The van der Waals surface area contributed by atoms with Crippen molar-refractivity contribution in [1.82, 2.24) is 9.97 Å². The molecule has 1 saturated heterocycles. The van der Waals surface area contributed by atoms with E-state index < -0.39 is 47.6 Å². The zero-order chi connectivity index (χ0) is 36.2. The van der Waals surface area contributed by atoms with Gasteiger partial charge in [-0.15, -0.1) is 0 Å². The van der Waals surface area contributed by atoms with Crippen LogP contribution >= 0.6 is 0 Å². The van der Waals surface area contributed by atoms with Crippen LogP contribution in [0, 0.1) is 0 Å². The number of nitrogens with zero attached hydrogens (tertiary/aromatic N) is 4. The number of aromatic nitrogens is 2. The van der Waals surface area contributed by atoms with Gasteiger partial charge in [-0.3, -0.25) is 9.69 Å². The highest BCUT2D eigenvalue weighted by molar-refractivity contribution is 5.90. The van der Waals surface area contributed by atoms with E-state index in [-0.39, 0.29) is 42.7 Å². The van der Waals surface area contributed by atoms with E-state index in [2.05, 4.69) is 15.3 Å². The Bertz CT molecular complexity index is 1670. The fourth-order valence-corrected chi connectivity index (χ4v) is 6.04. The fourth-order valence-electron chi connectivity index (χ4n) is 6.04. The minimum atomic E-state index is -5.01. The minimum absolute atomic E-state index is 0.0612. The number of methoxy groups -OCH3 is 1. The van der Waals surface area contributed by atoms with Gasteiger partial charge in [-0.1, -0.05) is 6.92 Å². The Morgan fingerprint density at radius 2 is 1.70 bits per heavy atom. The first-order valence-electron chi connectivity index (χ1n) is 15.8. The summed E-state index contributed by atoms with van der Waals surface area (Å²) in [5.74, 6) is -0.587. The summed E-state index contributed by atoms with van der Waals surface area (Å²) in [4.78, 5) is 36.6. The van der Waals surface area contributed by atoms with Gasteiger partial charge in [0, 0.05) is 31.1 Å². The van der Waals surface area contributed by atoms with E-state index in [0.717, 1.165) is 0 Å². The van der Waals surface area contributed by atoms with Gasteiger partial charge in [-0.05, 0) is 54.8 Å². The van der Waals surface area contributed by atoms with Crippen LogP contribution in [-0.4, -0.2) is 73.2 Å². The first kappa shape index (κ1) is 36.5. The molecule has 2 atom stereocenters. The van der Waals surface area contributed by atoms with Gasteiger partial charge in [0.2, 0.25) is 5.95 Å². The number of carbonyl (C=O) groups excluding carboxylic acids is 1. The molecular formula is C33H35F6N5O6. The number of carboxylic acid groups (broad SMARTS) is 1. The molecule has 3 heterocycles. The molecule has 0 spiro atoms. The Hall–Kier alpha value is -4.80. The van der Waals surface area contributed by atoms with Crippen molar-refractivity contribution >= 4 is 29.4 Å². The Balaban J connectivity index is 1.52. The smallest absolute Gasteiger partial charge is 0.416 e. The maximum absolute atomic E-state index is 13.7. The van der Waals surface area contributed by atoms with E-state index in [4.69, 9.17) is 19.3 Å². The third kappa shape index (κ3) is 8.49. The summed E-state index contributed by atoms with van der Waals surface area (Å²) >= 11 is 0. The van der Waals surface area contributed by atoms with Crippen LogP contribution in [0.5, 0.6) is 5.75 Å². The van der Waals surface area contributed by atoms with Crippen molar-refractivity contribution in [3.05, 3.63) is 70.5 Å². The first-order chi connectivity index (χ1) is 23.7. The average Bonchev–Trinajstić information content (AvgIpc) is 3.07. The van der Waals surface area contributed by atoms with Crippen LogP contribution < -0.4 is 19.9 Å². The number of halogens is 6. The lowest BCUT2D eigenvalue weighted by Gasteiger charge is -2.40. The average molecular weight is 712 g/mol. The number of morpholine rings is 1. The zero-order valence-electron chi connectivity index (χ0n) is 27.1. The quantitative estimate of drug-likeness (QED) is 0.220. The highest BCUT2D eigenvalue weighted by Crippen LogP contribution is 2.42. The van der Waals surface area contributed by atoms with Crippen molar-refractivity contribution in [2.24, 2.45) is 0 Å². The van der Waals surface area contributed by atoms with Crippen molar-refractivity contribution in [2.45, 2.75) is 57.0 Å². The molecule has 0 unspecified atom stereocenters. The molecule has 2 aliphatic heterocycles. The molecule has 1 fully saturated rings. The number of alkyl halides is 6. The summed E-state index contributed by atoms with van der Waals surface area (Å²) in [5.41, 5.74) is -1.37. The molecule has 1 amide bonds. The van der Waals surface area contributed by atoms with E-state index in [1.165, 1.54) is 18.2 Å². The molecule has 11 nitrogen and oxygen atoms in total. The summed E-state index contributed by atoms with van der Waals surface area (Å²) in [7, 11) is 1.47. The van der Waals surface area contributed by atoms with Crippen LogP contribution in [0.3, 0.4) is 0 Å². The van der Waals surface area contributed by atoms with Gasteiger partial charge >= 0.3 is 24.4 Å². The zero-order valence-corrected chi connectivity index (χ0v) is 27.1. The number of rotatable bonds is 10. The van der Waals surface area contributed by atoms with Crippen LogP contribution in [0.25, 0.3) is 0 Å². The second kappa shape index (κ2) is 15.0. The Kier molecular flexibility index (Phi) is 10.9. The molecule has 0 aliphatic carbocycles. The van der Waals surface area contributed by atoms with Crippen molar-refractivity contribution < 1.29 is 55.2 Å². The Morgan fingerprint density at radius 3 is 2.30 bits per heavy atom. The third-order valence-electron chi connectivity index (χ3n) is 8.47. The highest BCUT2D eigenvalue weighted by atomic mass is 19.4. The lowest BCUT2D eigenvalue weighted by Crippen LogP contribution is -2.46. The standard InChI is InChI=1S/C33H35F6N5O6/c1-3-22-16-25(24-17-23(48-2)4-5-27(24)44(22)31(47)50-9-6-29(45)46)41-30-40-18-28(43-7-10-49-11-8-43)26(42-30)14-19-12-20(32(34,35)36)15-21(13-19)33(37,38)39/h4-5,12-13,15,17-18,22,25H,3,6-11,14,16H2,1-2H3,(H,45,46)(H,40,41,42)/t22-,25+/m1/s1. The number of hydrogen-bond donors (Lipinski definition) is 2. The number of benzene rings is 2. The predicted molar refractivity (Wildman–Crippen MR) is 168 cm³/mol. The lowest BCUT2D eigenvalue weighted by atomic mass is 9.90. The van der Waals surface area contributed by atoms with Gasteiger partial charge in [0.1, 0.15) is 12.4 Å². The second-order valence-electron chi connectivity index (χ2n) is 11.8. The van der Waals surface area contributed by atoms with Crippen LogP contribution in [-0.2, 0) is 33.0 Å². The number of hydrogen-bond acceptors (Lipinski definition) is 9. The van der Waals surface area contributed by atoms with Gasteiger partial charge in [0.15, 0.2) is 0 Å². The Labute approximate surface area is 283 Å². The van der Waals surface area contributed by atoms with Gasteiger partial charge < -0.3 is 29.5 Å². The number of carbonyl (C=O) groups is 2. The summed E-state index contributed by atoms with van der Waals surface area (Å²) in [6.07, 6.45) is -9.20. The molecule has 2 N–H and O–H groups in total. The second-order valence-corrected chi connectivity index (χ2v) is 11.8. The molecule has 17 heteroatoms. The maximum Gasteiger partial charge on any atom is 0.416 e. The van der Waals surface area contributed by atoms with Gasteiger partial charge in [0.05, 0.1) is 67.2 Å². The molecule has 0 bridgehead atoms. The SMILES string of the molecule is CC[C@@H]1C[C@H](Nc2ncc(N3CCOCC3)c(Cc3cc(C(F)(F)F)cc(C(F)(F)F)c3)n2)c2cc(OC)ccc2N1C(=O)OCCC(=O)O. The highest BCUT2D eigenvalue weighted by Gasteiger charge is 2.38. The molecule has 5 rings (SSSR count). The number of amides is 1. The summed E-state index contributed by atoms with van der Waals surface area (Å²) < 4.78 is 98.2. The molecule has 0 saturated carbocycles. The number of carboxylic acids is 1. The monoisotopic (exact) mass is 711 g/mol. The molecule has 3 aromatic rings. The molecule has 1 aromatic heterocycles. The van der Waals surface area contributed by atoms with Crippen molar-refractivity contribution in [3.63, 3.8) is 0 Å². The molecule has 0 radical (unpaired) electrons. The van der Waals surface area contributed by atoms with Crippen LogP contribution in [0.15, 0.2) is 42.6 Å². The topological polar surface area (TPSA) is 126 Å². The molecular weight excluding hydrogens is 676 g/mol. The van der Waals surface area contributed by atoms with Gasteiger partial charge in [-0.2, -0.15) is 26.3 Å². The van der Waals surface area contributed by atoms with E-state index in [1.54, 1.807) is 18.2 Å². The normalized spacial score (nSPS) is 18.0. The number of anilines is 3. The summed E-state index contributed by atoms with van der Waals surface area (Å²) in [6, 6.07) is 5.55. The van der Waals surface area contributed by atoms with Crippen LogP contribution in [0.4, 0.5) is 48.5 Å². The third-order valence-corrected chi connectivity index (χ3v) is 8.47. The molecule has 2 aliphatic rings.